The van der Waals surface area contributed by atoms with Crippen molar-refractivity contribution in [2.75, 3.05) is 21.1 Å². The molecule has 3 atom stereocenters. The Kier molecular flexibility index (Phi) is 16.3. The van der Waals surface area contributed by atoms with Gasteiger partial charge in [-0.05, 0) is 167 Å². The maximum atomic E-state index is 15.7. The standard InChI is InChI=1S/C50H91N3O8/c1-17-18-19-20-21-22-23-24-25-26-27-48(39(56)57,35-28-42(2,3)51(14)43(4,5)29-35)50(41(60)61,37-32-46(10,11)53(16)47(12,13)33-37)49(40(58)59,34-38(54)55)36-30-44(6,7)52(15)45(8,9)31-36/h35-37H,17-34H2,1-16H3,(H,54,55)(H,56,57)(H,58,59)(H,60,61). The smallest absolute Gasteiger partial charge is 0.312 e. The normalized spacial score (nSPS) is 26.4. The topological polar surface area (TPSA) is 159 Å². The van der Waals surface area contributed by atoms with Crippen molar-refractivity contribution in [3.63, 3.8) is 0 Å². The Morgan fingerprint density at radius 2 is 0.721 bits per heavy atom. The maximum Gasteiger partial charge on any atom is 0.312 e. The molecule has 0 radical (unpaired) electrons. The van der Waals surface area contributed by atoms with E-state index < -0.39 is 97.5 Å². The first-order valence-corrected chi connectivity index (χ1v) is 23.8. The summed E-state index contributed by atoms with van der Waals surface area (Å²) in [5.41, 5.74) is -11.1. The zero-order valence-electron chi connectivity index (χ0n) is 41.7. The fourth-order valence-electron chi connectivity index (χ4n) is 14.1. The van der Waals surface area contributed by atoms with Gasteiger partial charge in [0.2, 0.25) is 0 Å². The molecule has 3 aliphatic rings. The molecule has 61 heavy (non-hydrogen) atoms. The van der Waals surface area contributed by atoms with Gasteiger partial charge in [0, 0.05) is 33.2 Å². The molecule has 11 heteroatoms. The van der Waals surface area contributed by atoms with Crippen LogP contribution < -0.4 is 0 Å². The number of hydrogen-bond donors (Lipinski definition) is 4. The van der Waals surface area contributed by atoms with Gasteiger partial charge in [-0.1, -0.05) is 71.1 Å². The van der Waals surface area contributed by atoms with E-state index in [1.54, 1.807) is 0 Å². The van der Waals surface area contributed by atoms with Gasteiger partial charge in [0.1, 0.15) is 5.41 Å². The van der Waals surface area contributed by atoms with Crippen LogP contribution in [0.2, 0.25) is 0 Å². The number of carboxylic acid groups (broad SMARTS) is 4. The van der Waals surface area contributed by atoms with Gasteiger partial charge in [0.25, 0.3) is 0 Å². The first-order chi connectivity index (χ1) is 27.7. The van der Waals surface area contributed by atoms with Crippen LogP contribution >= 0.6 is 0 Å². The number of piperidine rings is 3. The second kappa shape index (κ2) is 18.7. The van der Waals surface area contributed by atoms with Crippen molar-refractivity contribution >= 4 is 23.9 Å². The third-order valence-corrected chi connectivity index (χ3v) is 17.8. The van der Waals surface area contributed by atoms with Crippen LogP contribution in [-0.4, -0.2) is 113 Å². The highest BCUT2D eigenvalue weighted by Crippen LogP contribution is 2.73. The van der Waals surface area contributed by atoms with Crippen LogP contribution in [0.4, 0.5) is 0 Å². The van der Waals surface area contributed by atoms with Crippen LogP contribution in [0.15, 0.2) is 0 Å². The van der Waals surface area contributed by atoms with Crippen LogP contribution in [0, 0.1) is 34.0 Å². The van der Waals surface area contributed by atoms with Gasteiger partial charge >= 0.3 is 23.9 Å². The van der Waals surface area contributed by atoms with E-state index >= 15 is 14.4 Å². The van der Waals surface area contributed by atoms with E-state index in [9.17, 15) is 25.2 Å². The van der Waals surface area contributed by atoms with Crippen LogP contribution in [0.5, 0.6) is 0 Å². The van der Waals surface area contributed by atoms with E-state index in [1.165, 1.54) is 25.7 Å². The lowest BCUT2D eigenvalue weighted by molar-refractivity contribution is -0.253. The van der Waals surface area contributed by atoms with Crippen molar-refractivity contribution in [2.24, 2.45) is 34.0 Å². The Morgan fingerprint density at radius 1 is 0.443 bits per heavy atom. The molecule has 0 aliphatic carbocycles. The summed E-state index contributed by atoms with van der Waals surface area (Å²) in [4.78, 5) is 66.7. The Bertz CT molecular complexity index is 1510. The van der Waals surface area contributed by atoms with E-state index in [0.29, 0.717) is 25.7 Å². The molecule has 4 N–H and O–H groups in total. The molecule has 0 aromatic rings. The van der Waals surface area contributed by atoms with Gasteiger partial charge in [-0.25, -0.2) is 0 Å². The fraction of sp³-hybridized carbons (Fsp3) is 0.920. The maximum absolute atomic E-state index is 15.7. The van der Waals surface area contributed by atoms with Gasteiger partial charge in [0.15, 0.2) is 0 Å². The van der Waals surface area contributed by atoms with Crippen LogP contribution in [0.3, 0.4) is 0 Å². The van der Waals surface area contributed by atoms with Crippen molar-refractivity contribution in [3.05, 3.63) is 0 Å². The summed E-state index contributed by atoms with van der Waals surface area (Å²) in [6, 6.07) is 0. The fourth-order valence-corrected chi connectivity index (χ4v) is 14.1. The number of nitrogens with zero attached hydrogens (tertiary/aromatic N) is 3. The van der Waals surface area contributed by atoms with Gasteiger partial charge in [-0.2, -0.15) is 0 Å². The number of aliphatic carboxylic acids is 4. The van der Waals surface area contributed by atoms with Crippen molar-refractivity contribution in [1.82, 2.24) is 14.7 Å². The Labute approximate surface area is 371 Å². The molecular formula is C50H91N3O8. The Hall–Kier alpha value is -2.24. The summed E-state index contributed by atoms with van der Waals surface area (Å²) in [6.07, 6.45) is 10.3. The molecule has 3 heterocycles. The van der Waals surface area contributed by atoms with E-state index in [2.05, 4.69) is 49.3 Å². The van der Waals surface area contributed by atoms with Crippen LogP contribution in [-0.2, 0) is 19.2 Å². The molecule has 3 aliphatic heterocycles. The summed E-state index contributed by atoms with van der Waals surface area (Å²) < 4.78 is 0. The van der Waals surface area contributed by atoms with Crippen molar-refractivity contribution in [2.45, 2.75) is 239 Å². The summed E-state index contributed by atoms with van der Waals surface area (Å²) in [7, 11) is 6.01. The minimum atomic E-state index is -2.55. The molecule has 3 saturated heterocycles. The highest BCUT2D eigenvalue weighted by Gasteiger charge is 2.81. The number of hydrogen-bond acceptors (Lipinski definition) is 7. The van der Waals surface area contributed by atoms with Gasteiger partial charge in [0.05, 0.1) is 17.3 Å². The lowest BCUT2D eigenvalue weighted by Crippen LogP contribution is -2.76. The summed E-state index contributed by atoms with van der Waals surface area (Å²) in [5, 5.41) is 48.8. The molecule has 0 aromatic carbocycles. The largest absolute Gasteiger partial charge is 0.481 e. The number of likely N-dealkylation sites (tertiary alicyclic amines) is 3. The number of rotatable bonds is 21. The molecule has 3 fully saturated rings. The third-order valence-electron chi connectivity index (χ3n) is 17.8. The number of carboxylic acids is 4. The third kappa shape index (κ3) is 9.74. The minimum absolute atomic E-state index is 0.0487. The van der Waals surface area contributed by atoms with E-state index in [0.717, 1.165) is 25.7 Å². The quantitative estimate of drug-likeness (QED) is 0.0814. The molecule has 0 amide bonds. The van der Waals surface area contributed by atoms with E-state index in [4.69, 9.17) is 0 Å². The van der Waals surface area contributed by atoms with Crippen molar-refractivity contribution in [3.8, 4) is 0 Å². The number of unbranched alkanes of at least 4 members (excludes halogenated alkanes) is 9. The van der Waals surface area contributed by atoms with E-state index in [-0.39, 0.29) is 32.1 Å². The SMILES string of the molecule is CCCCCCCCCCCCC(C(=O)O)(C1CC(C)(C)N(C)C(C)(C)C1)C(C(=O)O)(C1CC(C)(C)N(C)C(C)(C)C1)C(CC(=O)O)(C(=O)O)C1CC(C)(C)N(C)C(C)(C)C1. The first kappa shape index (κ1) is 53.1. The molecular weight excluding hydrogens is 771 g/mol. The molecule has 354 valence electrons. The number of carbonyl (C=O) groups is 4. The molecule has 3 unspecified atom stereocenters. The molecule has 11 nitrogen and oxygen atoms in total. The van der Waals surface area contributed by atoms with Crippen molar-refractivity contribution < 1.29 is 39.6 Å². The summed E-state index contributed by atoms with van der Waals surface area (Å²) >= 11 is 0. The average Bonchev–Trinajstić information content (AvgIpc) is 3.10. The highest BCUT2D eigenvalue weighted by atomic mass is 16.4. The first-order valence-electron chi connectivity index (χ1n) is 23.8. The van der Waals surface area contributed by atoms with Gasteiger partial charge < -0.3 is 20.4 Å². The van der Waals surface area contributed by atoms with Gasteiger partial charge in [-0.15, -0.1) is 0 Å². The molecule has 0 aromatic heterocycles. The molecule has 0 bridgehead atoms. The van der Waals surface area contributed by atoms with Gasteiger partial charge in [-0.3, -0.25) is 33.9 Å². The lowest BCUT2D eigenvalue weighted by Gasteiger charge is -2.68. The zero-order chi connectivity index (χ0) is 47.0. The van der Waals surface area contributed by atoms with Crippen LogP contribution in [0.25, 0.3) is 0 Å². The Morgan fingerprint density at radius 3 is 1.00 bits per heavy atom. The summed E-state index contributed by atoms with van der Waals surface area (Å²) in [6.45, 7) is 26.6. The predicted molar refractivity (Wildman–Crippen MR) is 245 cm³/mol. The molecule has 3 rings (SSSR count). The van der Waals surface area contributed by atoms with Crippen LogP contribution in [0.1, 0.15) is 206 Å². The van der Waals surface area contributed by atoms with Crippen molar-refractivity contribution in [1.29, 1.82) is 0 Å². The molecule has 0 spiro atoms. The second-order valence-electron chi connectivity index (χ2n) is 24.0. The minimum Gasteiger partial charge on any atom is -0.481 e. The zero-order valence-corrected chi connectivity index (χ0v) is 41.7. The van der Waals surface area contributed by atoms with E-state index in [1.807, 2.05) is 76.5 Å². The average molecular weight is 862 g/mol. The highest BCUT2D eigenvalue weighted by molar-refractivity contribution is 5.96. The summed E-state index contributed by atoms with van der Waals surface area (Å²) in [5.74, 6) is -8.48. The predicted octanol–water partition coefficient (Wildman–Crippen LogP) is 10.7. The monoisotopic (exact) mass is 862 g/mol. The Balaban J connectivity index is 2.62. The second-order valence-corrected chi connectivity index (χ2v) is 24.0. The molecule has 0 saturated carbocycles. The lowest BCUT2D eigenvalue weighted by atomic mass is 9.34.